The number of nitro groups is 1. The van der Waals surface area contributed by atoms with Crippen molar-refractivity contribution in [1.29, 1.82) is 0 Å². The predicted molar refractivity (Wildman–Crippen MR) is 134 cm³/mol. The summed E-state index contributed by atoms with van der Waals surface area (Å²) in [7, 11) is 0. The molecule has 4 aliphatic heterocycles. The van der Waals surface area contributed by atoms with Gasteiger partial charge in [0, 0.05) is 40.7 Å². The highest BCUT2D eigenvalue weighted by Crippen LogP contribution is 2.66. The van der Waals surface area contributed by atoms with Gasteiger partial charge >= 0.3 is 0 Å². The van der Waals surface area contributed by atoms with Crippen LogP contribution < -0.4 is 10.6 Å². The number of nitrogens with zero attached hydrogens (tertiary/aromatic N) is 2. The van der Waals surface area contributed by atoms with Gasteiger partial charge in [0.25, 0.3) is 5.69 Å². The fraction of sp³-hybridized carbons (Fsp3) is 0.250. The molecule has 2 spiro atoms. The Labute approximate surface area is 211 Å². The van der Waals surface area contributed by atoms with Crippen molar-refractivity contribution in [3.05, 3.63) is 99.6 Å². The Hall–Kier alpha value is -4.37. The van der Waals surface area contributed by atoms with Crippen LogP contribution in [0.15, 0.2) is 72.8 Å². The number of non-ortho nitro benzene ring substituents is 1. The van der Waals surface area contributed by atoms with E-state index in [9.17, 15) is 24.5 Å². The molecule has 9 heteroatoms. The maximum absolute atomic E-state index is 14.7. The monoisotopic (exact) mass is 494 g/mol. The zero-order valence-electron chi connectivity index (χ0n) is 19.6. The number of hydrogen-bond acceptors (Lipinski definition) is 6. The topological polar surface area (TPSA) is 122 Å². The van der Waals surface area contributed by atoms with Gasteiger partial charge < -0.3 is 10.6 Å². The number of fused-ring (bicyclic) bond motifs is 7. The van der Waals surface area contributed by atoms with Crippen molar-refractivity contribution in [3.63, 3.8) is 0 Å². The van der Waals surface area contributed by atoms with Gasteiger partial charge in [0.2, 0.25) is 11.8 Å². The quantitative estimate of drug-likeness (QED) is 0.326. The van der Waals surface area contributed by atoms with Gasteiger partial charge in [0.15, 0.2) is 5.78 Å². The summed E-state index contributed by atoms with van der Waals surface area (Å²) in [5.74, 6) is -2.27. The van der Waals surface area contributed by atoms with Crippen molar-refractivity contribution in [2.45, 2.75) is 29.8 Å². The van der Waals surface area contributed by atoms with E-state index in [-0.39, 0.29) is 23.1 Å². The van der Waals surface area contributed by atoms with Gasteiger partial charge in [0.05, 0.1) is 10.8 Å². The van der Waals surface area contributed by atoms with Crippen LogP contribution in [0.4, 0.5) is 17.1 Å². The molecule has 3 aromatic carbocycles. The number of ketones is 1. The highest BCUT2D eigenvalue weighted by atomic mass is 16.6. The first kappa shape index (κ1) is 21.9. The molecule has 184 valence electrons. The summed E-state index contributed by atoms with van der Waals surface area (Å²) in [6.07, 6.45) is 1.41. The normalized spacial score (nSPS) is 29.2. The zero-order chi connectivity index (χ0) is 25.5. The van der Waals surface area contributed by atoms with E-state index < -0.39 is 33.6 Å². The van der Waals surface area contributed by atoms with Crippen LogP contribution in [0.1, 0.15) is 34.3 Å². The number of carbonyl (C=O) groups excluding carboxylic acids is 3. The molecule has 4 heterocycles. The minimum absolute atomic E-state index is 0.105. The highest BCUT2D eigenvalue weighted by Gasteiger charge is 2.78. The average molecular weight is 495 g/mol. The Morgan fingerprint density at radius 1 is 0.919 bits per heavy atom. The number of benzene rings is 3. The fourth-order valence-electron chi connectivity index (χ4n) is 7.44. The molecule has 0 bridgehead atoms. The lowest BCUT2D eigenvalue weighted by Gasteiger charge is -2.38. The van der Waals surface area contributed by atoms with Crippen LogP contribution in [0.25, 0.3) is 0 Å². The third-order valence-electron chi connectivity index (χ3n) is 8.64. The van der Waals surface area contributed by atoms with Crippen molar-refractivity contribution in [1.82, 2.24) is 4.90 Å². The highest BCUT2D eigenvalue weighted by molar-refractivity contribution is 6.18. The molecule has 7 rings (SSSR count). The molecule has 0 saturated carbocycles. The van der Waals surface area contributed by atoms with Gasteiger partial charge in [-0.1, -0.05) is 48.5 Å². The van der Waals surface area contributed by atoms with Crippen molar-refractivity contribution in [2.75, 3.05) is 17.2 Å². The number of rotatable bonds is 3. The fourth-order valence-corrected chi connectivity index (χ4v) is 7.44. The maximum Gasteiger partial charge on any atom is 0.270 e. The van der Waals surface area contributed by atoms with E-state index in [2.05, 4.69) is 15.5 Å². The molecule has 0 radical (unpaired) electrons. The lowest BCUT2D eigenvalue weighted by atomic mass is 9.60. The lowest BCUT2D eigenvalue weighted by molar-refractivity contribution is -0.384. The summed E-state index contributed by atoms with van der Waals surface area (Å²) in [5, 5.41) is 17.5. The molecule has 0 aliphatic carbocycles. The smallest absolute Gasteiger partial charge is 0.270 e. The van der Waals surface area contributed by atoms with E-state index in [1.807, 2.05) is 42.5 Å². The Balaban J connectivity index is 1.57. The van der Waals surface area contributed by atoms with E-state index in [0.717, 1.165) is 6.42 Å². The second-order valence-electron chi connectivity index (χ2n) is 10.1. The molecular weight excluding hydrogens is 472 g/mol. The molecule has 4 aliphatic rings. The van der Waals surface area contributed by atoms with Crippen LogP contribution >= 0.6 is 0 Å². The van der Waals surface area contributed by atoms with Gasteiger partial charge in [-0.05, 0) is 37.1 Å². The first-order valence-electron chi connectivity index (χ1n) is 12.3. The van der Waals surface area contributed by atoms with Crippen molar-refractivity contribution in [2.24, 2.45) is 5.92 Å². The second-order valence-corrected chi connectivity index (χ2v) is 10.1. The minimum Gasteiger partial charge on any atom is -0.325 e. The van der Waals surface area contributed by atoms with Gasteiger partial charge in [-0.3, -0.25) is 29.4 Å². The standard InChI is InChI=1S/C28H22N4O5/c33-23(16-7-5-8-17(15-16)32(36)37)24-27(18-9-1-3-11-20(18)29-25(27)34)22-13-6-14-31(22)28(24)19-10-2-4-12-21(19)30-26(28)35/h1-5,7-12,15,22,24H,6,13-14H2,(H,29,34)(H,30,35)/t22-,24+,27-,28+/m0/s1. The molecule has 4 atom stereocenters. The summed E-state index contributed by atoms with van der Waals surface area (Å²) in [5.41, 5.74) is -0.315. The van der Waals surface area contributed by atoms with Gasteiger partial charge in [-0.2, -0.15) is 0 Å². The Morgan fingerprint density at radius 3 is 2.35 bits per heavy atom. The van der Waals surface area contributed by atoms with Crippen molar-refractivity contribution < 1.29 is 19.3 Å². The summed E-state index contributed by atoms with van der Waals surface area (Å²) in [6, 6.07) is 19.8. The third-order valence-corrected chi connectivity index (χ3v) is 8.64. The number of para-hydroxylation sites is 2. The minimum atomic E-state index is -1.44. The van der Waals surface area contributed by atoms with Crippen LogP contribution in [-0.2, 0) is 20.5 Å². The Kier molecular flexibility index (Phi) is 4.33. The average Bonchev–Trinajstić information content (AvgIpc) is 3.62. The molecule has 3 aromatic rings. The van der Waals surface area contributed by atoms with Gasteiger partial charge in [-0.15, -0.1) is 0 Å². The first-order chi connectivity index (χ1) is 17.9. The van der Waals surface area contributed by atoms with E-state index >= 15 is 0 Å². The molecule has 9 nitrogen and oxygen atoms in total. The van der Waals surface area contributed by atoms with Gasteiger partial charge in [-0.25, -0.2) is 0 Å². The summed E-state index contributed by atoms with van der Waals surface area (Å²) >= 11 is 0. The molecule has 0 unspecified atom stereocenters. The maximum atomic E-state index is 14.7. The first-order valence-corrected chi connectivity index (χ1v) is 12.3. The Bertz CT molecular complexity index is 1470. The van der Waals surface area contributed by atoms with Crippen LogP contribution in [0, 0.1) is 16.0 Å². The van der Waals surface area contributed by atoms with E-state index in [1.165, 1.54) is 24.3 Å². The largest absolute Gasteiger partial charge is 0.325 e. The van der Waals surface area contributed by atoms with Crippen LogP contribution in [-0.4, -0.2) is 40.0 Å². The van der Waals surface area contributed by atoms with E-state index in [4.69, 9.17) is 0 Å². The molecule has 0 aromatic heterocycles. The van der Waals surface area contributed by atoms with Gasteiger partial charge in [0.1, 0.15) is 11.0 Å². The molecular formula is C28H22N4O5. The number of hydrogen-bond donors (Lipinski definition) is 2. The predicted octanol–water partition coefficient (Wildman–Crippen LogP) is 3.61. The summed E-state index contributed by atoms with van der Waals surface area (Å²) < 4.78 is 0. The van der Waals surface area contributed by atoms with Crippen molar-refractivity contribution in [3.8, 4) is 0 Å². The molecule has 2 saturated heterocycles. The SMILES string of the molecule is O=C(c1cccc([N+](=O)[O-])c1)[C@@H]1[C@@]2(C(=O)Nc3ccccc32)[C@@H]2CCCN2[C@@]12C(=O)Nc1ccccc12. The van der Waals surface area contributed by atoms with Crippen molar-refractivity contribution >= 4 is 34.7 Å². The lowest BCUT2D eigenvalue weighted by Crippen LogP contribution is -2.55. The van der Waals surface area contributed by atoms with Crippen LogP contribution in [0.2, 0.25) is 0 Å². The number of nitro benzene ring substituents is 1. The van der Waals surface area contributed by atoms with Crippen LogP contribution in [0.5, 0.6) is 0 Å². The van der Waals surface area contributed by atoms with E-state index in [1.54, 1.807) is 6.07 Å². The number of anilines is 2. The summed E-state index contributed by atoms with van der Waals surface area (Å²) in [6.45, 7) is 0.544. The molecule has 2 N–H and O–H groups in total. The molecule has 37 heavy (non-hydrogen) atoms. The number of nitrogens with one attached hydrogen (secondary N) is 2. The molecule has 2 fully saturated rings. The number of amides is 2. The number of Topliss-reactive ketones (excluding diaryl/α,β-unsaturated/α-hetero) is 1. The van der Waals surface area contributed by atoms with Crippen LogP contribution in [0.3, 0.4) is 0 Å². The zero-order valence-corrected chi connectivity index (χ0v) is 19.6. The second kappa shape index (κ2) is 7.33. The number of carbonyl (C=O) groups is 3. The third kappa shape index (κ3) is 2.49. The van der Waals surface area contributed by atoms with E-state index in [0.29, 0.717) is 35.5 Å². The summed E-state index contributed by atoms with van der Waals surface area (Å²) in [4.78, 5) is 56.0. The molecule has 2 amide bonds. The Morgan fingerprint density at radius 2 is 1.59 bits per heavy atom.